The van der Waals surface area contributed by atoms with E-state index >= 15 is 0 Å². The van der Waals surface area contributed by atoms with Crippen molar-refractivity contribution in [2.75, 3.05) is 4.90 Å². The molecular formula is C21H18ClNO. The van der Waals surface area contributed by atoms with Crippen LogP contribution in [0.2, 0.25) is 5.02 Å². The van der Waals surface area contributed by atoms with Gasteiger partial charge >= 0.3 is 0 Å². The van der Waals surface area contributed by atoms with E-state index in [1.165, 1.54) is 0 Å². The second-order valence-electron chi connectivity index (χ2n) is 5.79. The SMILES string of the molecule is Cc1ccc(N(C(=O)c2ccccc2Cl)c2ccc(C)cc2)cc1. The Hall–Kier alpha value is -2.58. The monoisotopic (exact) mass is 335 g/mol. The minimum absolute atomic E-state index is 0.145. The molecule has 2 nitrogen and oxygen atoms in total. The lowest BCUT2D eigenvalue weighted by molar-refractivity contribution is 0.0999. The van der Waals surface area contributed by atoms with Crippen molar-refractivity contribution in [2.24, 2.45) is 0 Å². The van der Waals surface area contributed by atoms with E-state index in [1.54, 1.807) is 17.0 Å². The maximum atomic E-state index is 13.2. The maximum absolute atomic E-state index is 13.2. The van der Waals surface area contributed by atoms with Crippen LogP contribution in [0, 0.1) is 13.8 Å². The van der Waals surface area contributed by atoms with E-state index in [4.69, 9.17) is 11.6 Å². The van der Waals surface area contributed by atoms with Gasteiger partial charge in [0.05, 0.1) is 10.6 Å². The van der Waals surface area contributed by atoms with Crippen molar-refractivity contribution >= 4 is 28.9 Å². The van der Waals surface area contributed by atoms with Crippen LogP contribution in [0.1, 0.15) is 21.5 Å². The Morgan fingerprint density at radius 1 is 0.750 bits per heavy atom. The highest BCUT2D eigenvalue weighted by molar-refractivity contribution is 6.34. The largest absolute Gasteiger partial charge is 0.277 e. The number of rotatable bonds is 3. The number of carbonyl (C=O) groups is 1. The molecule has 3 aromatic rings. The van der Waals surface area contributed by atoms with Gasteiger partial charge in [-0.25, -0.2) is 0 Å². The minimum atomic E-state index is -0.145. The molecule has 0 spiro atoms. The zero-order valence-electron chi connectivity index (χ0n) is 13.7. The summed E-state index contributed by atoms with van der Waals surface area (Å²) >= 11 is 6.24. The summed E-state index contributed by atoms with van der Waals surface area (Å²) < 4.78 is 0. The Morgan fingerprint density at radius 3 is 1.67 bits per heavy atom. The summed E-state index contributed by atoms with van der Waals surface area (Å²) in [5, 5.41) is 0.451. The molecule has 0 aliphatic heterocycles. The normalized spacial score (nSPS) is 10.5. The number of carbonyl (C=O) groups excluding carboxylic acids is 1. The van der Waals surface area contributed by atoms with Gasteiger partial charge in [-0.3, -0.25) is 9.69 Å². The summed E-state index contributed by atoms with van der Waals surface area (Å²) in [6.07, 6.45) is 0. The molecule has 1 amide bonds. The Balaban J connectivity index is 2.11. The summed E-state index contributed by atoms with van der Waals surface area (Å²) in [6, 6.07) is 22.9. The third-order valence-electron chi connectivity index (χ3n) is 3.89. The molecule has 0 aliphatic carbocycles. The molecule has 3 aromatic carbocycles. The average Bonchev–Trinajstić information content (AvgIpc) is 2.59. The average molecular weight is 336 g/mol. The fourth-order valence-electron chi connectivity index (χ4n) is 2.53. The molecule has 0 unspecified atom stereocenters. The number of anilines is 2. The summed E-state index contributed by atoms with van der Waals surface area (Å²) in [6.45, 7) is 4.05. The van der Waals surface area contributed by atoms with E-state index in [0.717, 1.165) is 22.5 Å². The number of amides is 1. The lowest BCUT2D eigenvalue weighted by Gasteiger charge is -2.24. The van der Waals surface area contributed by atoms with Crippen molar-refractivity contribution in [2.45, 2.75) is 13.8 Å². The number of aryl methyl sites for hydroxylation is 2. The predicted molar refractivity (Wildman–Crippen MR) is 100 cm³/mol. The van der Waals surface area contributed by atoms with E-state index in [9.17, 15) is 4.79 Å². The standard InChI is InChI=1S/C21H18ClNO/c1-15-7-11-17(12-8-15)23(18-13-9-16(2)10-14-18)21(24)19-5-3-4-6-20(19)22/h3-14H,1-2H3. The van der Waals surface area contributed by atoms with Crippen LogP contribution in [0.4, 0.5) is 11.4 Å². The molecule has 24 heavy (non-hydrogen) atoms. The zero-order chi connectivity index (χ0) is 17.1. The molecule has 120 valence electrons. The van der Waals surface area contributed by atoms with Crippen LogP contribution in [0.5, 0.6) is 0 Å². The van der Waals surface area contributed by atoms with Gasteiger partial charge in [0.15, 0.2) is 0 Å². The van der Waals surface area contributed by atoms with Crippen LogP contribution >= 0.6 is 11.6 Å². The van der Waals surface area contributed by atoms with Gasteiger partial charge < -0.3 is 0 Å². The van der Waals surface area contributed by atoms with Gasteiger partial charge in [0.2, 0.25) is 0 Å². The van der Waals surface area contributed by atoms with Crippen molar-refractivity contribution in [1.29, 1.82) is 0 Å². The molecule has 0 bridgehead atoms. The molecule has 0 aliphatic rings. The summed E-state index contributed by atoms with van der Waals surface area (Å²) in [5.74, 6) is -0.145. The van der Waals surface area contributed by atoms with Gasteiger partial charge in [-0.15, -0.1) is 0 Å². The van der Waals surface area contributed by atoms with E-state index in [-0.39, 0.29) is 5.91 Å². The van der Waals surface area contributed by atoms with Gasteiger partial charge in [-0.05, 0) is 50.2 Å². The Morgan fingerprint density at radius 2 is 1.21 bits per heavy atom. The molecule has 0 saturated heterocycles. The van der Waals surface area contributed by atoms with E-state index < -0.39 is 0 Å². The van der Waals surface area contributed by atoms with Crippen LogP contribution in [-0.4, -0.2) is 5.91 Å². The summed E-state index contributed by atoms with van der Waals surface area (Å²) in [4.78, 5) is 14.9. The molecular weight excluding hydrogens is 318 g/mol. The van der Waals surface area contributed by atoms with Gasteiger partial charge in [-0.2, -0.15) is 0 Å². The number of halogens is 1. The van der Waals surface area contributed by atoms with Gasteiger partial charge in [0.25, 0.3) is 5.91 Å². The van der Waals surface area contributed by atoms with Crippen LogP contribution < -0.4 is 4.90 Å². The number of hydrogen-bond donors (Lipinski definition) is 0. The van der Waals surface area contributed by atoms with Crippen LogP contribution in [-0.2, 0) is 0 Å². The summed E-state index contributed by atoms with van der Waals surface area (Å²) in [7, 11) is 0. The van der Waals surface area contributed by atoms with Crippen molar-refractivity contribution < 1.29 is 4.79 Å². The molecule has 0 heterocycles. The second-order valence-corrected chi connectivity index (χ2v) is 6.20. The van der Waals surface area contributed by atoms with Crippen LogP contribution in [0.15, 0.2) is 72.8 Å². The highest BCUT2D eigenvalue weighted by Crippen LogP contribution is 2.30. The molecule has 0 fully saturated rings. The Bertz CT molecular complexity index is 808. The van der Waals surface area contributed by atoms with Gasteiger partial charge in [-0.1, -0.05) is 59.1 Å². The fraction of sp³-hybridized carbons (Fsp3) is 0.0952. The predicted octanol–water partition coefficient (Wildman–Crippen LogP) is 5.94. The third-order valence-corrected chi connectivity index (χ3v) is 4.22. The zero-order valence-corrected chi connectivity index (χ0v) is 14.4. The first kappa shape index (κ1) is 16.3. The highest BCUT2D eigenvalue weighted by Gasteiger charge is 2.21. The first-order valence-corrected chi connectivity index (χ1v) is 8.16. The van der Waals surface area contributed by atoms with E-state index in [2.05, 4.69) is 0 Å². The molecule has 3 heteroatoms. The third kappa shape index (κ3) is 3.34. The van der Waals surface area contributed by atoms with Crippen molar-refractivity contribution in [3.8, 4) is 0 Å². The minimum Gasteiger partial charge on any atom is -0.277 e. The molecule has 0 radical (unpaired) electrons. The van der Waals surface area contributed by atoms with E-state index in [0.29, 0.717) is 10.6 Å². The molecule has 0 aromatic heterocycles. The maximum Gasteiger partial charge on any atom is 0.264 e. The number of nitrogens with zero attached hydrogens (tertiary/aromatic N) is 1. The lowest BCUT2D eigenvalue weighted by atomic mass is 10.1. The van der Waals surface area contributed by atoms with Crippen molar-refractivity contribution in [3.05, 3.63) is 94.5 Å². The van der Waals surface area contributed by atoms with Crippen LogP contribution in [0.3, 0.4) is 0 Å². The highest BCUT2D eigenvalue weighted by atomic mass is 35.5. The topological polar surface area (TPSA) is 20.3 Å². The Labute approximate surface area is 147 Å². The van der Waals surface area contributed by atoms with Gasteiger partial charge in [0, 0.05) is 11.4 Å². The number of benzene rings is 3. The first-order valence-electron chi connectivity index (χ1n) is 7.78. The molecule has 0 atom stereocenters. The second kappa shape index (κ2) is 6.90. The first-order chi connectivity index (χ1) is 11.6. The fourth-order valence-corrected chi connectivity index (χ4v) is 2.74. The van der Waals surface area contributed by atoms with Gasteiger partial charge in [0.1, 0.15) is 0 Å². The Kier molecular flexibility index (Phi) is 4.68. The molecule has 3 rings (SSSR count). The molecule has 0 saturated carbocycles. The van der Waals surface area contributed by atoms with Crippen molar-refractivity contribution in [3.63, 3.8) is 0 Å². The molecule has 0 N–H and O–H groups in total. The van der Waals surface area contributed by atoms with Crippen LogP contribution in [0.25, 0.3) is 0 Å². The quantitative estimate of drug-likeness (QED) is 0.580. The summed E-state index contributed by atoms with van der Waals surface area (Å²) in [5.41, 5.74) is 4.41. The number of hydrogen-bond acceptors (Lipinski definition) is 1. The van der Waals surface area contributed by atoms with E-state index in [1.807, 2.05) is 74.5 Å². The lowest BCUT2D eigenvalue weighted by Crippen LogP contribution is -2.26. The van der Waals surface area contributed by atoms with Crippen molar-refractivity contribution in [1.82, 2.24) is 0 Å². The smallest absolute Gasteiger partial charge is 0.264 e.